The lowest BCUT2D eigenvalue weighted by Crippen LogP contribution is -2.30. The van der Waals surface area contributed by atoms with E-state index in [2.05, 4.69) is 345 Å². The van der Waals surface area contributed by atoms with Gasteiger partial charge in [-0.05, 0) is 312 Å². The molecule has 4 aliphatic carbocycles. The second-order valence-corrected chi connectivity index (χ2v) is 30.4. The van der Waals surface area contributed by atoms with Crippen LogP contribution in [0.5, 0.6) is 0 Å². The summed E-state index contributed by atoms with van der Waals surface area (Å²) in [6, 6.07) is 54.7. The summed E-state index contributed by atoms with van der Waals surface area (Å²) in [4.78, 5) is 27.4. The van der Waals surface area contributed by atoms with Gasteiger partial charge in [0, 0.05) is 52.4 Å². The van der Waals surface area contributed by atoms with Gasteiger partial charge in [-0.3, -0.25) is 39.2 Å². The predicted octanol–water partition coefficient (Wildman–Crippen LogP) is 17.2. The van der Waals surface area contributed by atoms with Crippen LogP contribution in [0.1, 0.15) is 144 Å². The molecule has 104 heavy (non-hydrogen) atoms. The molecule has 0 unspecified atom stereocenters. The third-order valence-corrected chi connectivity index (χ3v) is 18.1. The van der Waals surface area contributed by atoms with Crippen LogP contribution in [0.4, 0.5) is 0 Å². The first-order valence-corrected chi connectivity index (χ1v) is 38.6. The maximum Gasteiger partial charge on any atom is 0.0501 e. The summed E-state index contributed by atoms with van der Waals surface area (Å²) < 4.78 is 0. The predicted molar refractivity (Wildman–Crippen MR) is 454 cm³/mol. The van der Waals surface area contributed by atoms with Crippen molar-refractivity contribution in [3.8, 4) is 44.5 Å². The van der Waals surface area contributed by atoms with Gasteiger partial charge in [-0.2, -0.15) is 0 Å². The van der Waals surface area contributed by atoms with Gasteiger partial charge in [0.15, 0.2) is 0 Å². The molecule has 12 nitrogen and oxygen atoms in total. The van der Waals surface area contributed by atoms with Crippen LogP contribution in [-0.2, 0) is 78.0 Å². The van der Waals surface area contributed by atoms with Crippen molar-refractivity contribution in [1.29, 1.82) is 0 Å². The van der Waals surface area contributed by atoms with Crippen molar-refractivity contribution in [2.45, 2.75) is 133 Å². The largest absolute Gasteiger partial charge is 0.305 e. The molecular formula is C92H140N12. The van der Waals surface area contributed by atoms with Gasteiger partial charge in [0.1, 0.15) is 0 Å². The lowest BCUT2D eigenvalue weighted by atomic mass is 9.96. The summed E-state index contributed by atoms with van der Waals surface area (Å²) in [5, 5.41) is 0. The second kappa shape index (κ2) is 43.8. The van der Waals surface area contributed by atoms with E-state index in [0.717, 1.165) is 105 Å². The number of fused-ring (bicyclic) bond motifs is 12. The molecule has 0 spiro atoms. The van der Waals surface area contributed by atoms with E-state index in [1.165, 1.54) is 134 Å². The first-order chi connectivity index (χ1) is 49.7. The average Bonchev–Trinajstić information content (AvgIpc) is 1.64. The van der Waals surface area contributed by atoms with E-state index in [1.54, 1.807) is 0 Å². The van der Waals surface area contributed by atoms with Crippen LogP contribution in [0.2, 0.25) is 0 Å². The monoisotopic (exact) mass is 1410 g/mol. The first-order valence-electron chi connectivity index (χ1n) is 38.6. The number of hydrogen-bond donors (Lipinski definition) is 0. The van der Waals surface area contributed by atoms with Crippen LogP contribution in [0.3, 0.4) is 0 Å². The van der Waals surface area contributed by atoms with Gasteiger partial charge in [-0.1, -0.05) is 189 Å². The molecule has 0 bridgehead atoms. The Morgan fingerprint density at radius 1 is 0.212 bits per heavy atom. The Labute approximate surface area is 635 Å². The van der Waals surface area contributed by atoms with Crippen molar-refractivity contribution in [1.82, 2.24) is 58.8 Å². The van der Waals surface area contributed by atoms with E-state index in [-0.39, 0.29) is 0 Å². The third-order valence-electron chi connectivity index (χ3n) is 18.1. The second-order valence-electron chi connectivity index (χ2n) is 30.4. The van der Waals surface area contributed by atoms with E-state index in [9.17, 15) is 0 Å². The molecule has 0 amide bonds. The average molecular weight is 1410 g/mol. The highest BCUT2D eigenvalue weighted by Crippen LogP contribution is 2.44. The van der Waals surface area contributed by atoms with Gasteiger partial charge in [-0.15, -0.1) is 0 Å². The summed E-state index contributed by atoms with van der Waals surface area (Å²) in [6.07, 6.45) is 4.27. The van der Waals surface area contributed by atoms with Crippen molar-refractivity contribution in [2.75, 3.05) is 168 Å². The molecule has 0 aliphatic heterocycles. The lowest BCUT2D eigenvalue weighted by Gasteiger charge is -2.23. The molecule has 12 heteroatoms. The van der Waals surface area contributed by atoms with Crippen molar-refractivity contribution in [2.24, 2.45) is 0 Å². The van der Waals surface area contributed by atoms with Crippen molar-refractivity contribution >= 4 is 0 Å². The molecular weight excluding hydrogens is 1270 g/mol. The molecule has 0 saturated carbocycles. The zero-order valence-electron chi connectivity index (χ0n) is 70.5. The van der Waals surface area contributed by atoms with Crippen LogP contribution >= 0.6 is 0 Å². The van der Waals surface area contributed by atoms with E-state index < -0.39 is 0 Å². The smallest absolute Gasteiger partial charge is 0.0501 e. The lowest BCUT2D eigenvalue weighted by molar-refractivity contribution is 0.204. The molecule has 0 saturated heterocycles. The molecule has 0 aromatic heterocycles. The Balaban J connectivity index is 0.000000241. The van der Waals surface area contributed by atoms with E-state index >= 15 is 0 Å². The molecule has 12 rings (SSSR count). The third kappa shape index (κ3) is 25.8. The maximum absolute atomic E-state index is 2.42. The molecule has 568 valence electrons. The molecule has 0 N–H and O–H groups in total. The fourth-order valence-corrected chi connectivity index (χ4v) is 15.3. The summed E-state index contributed by atoms with van der Waals surface area (Å²) in [5.41, 5.74) is 34.9. The Bertz CT molecular complexity index is 3870. The first kappa shape index (κ1) is 87.9. The fraction of sp³-hybridized carbons (Fsp3) is 0.478. The van der Waals surface area contributed by atoms with E-state index in [4.69, 9.17) is 0 Å². The molecule has 4 aliphatic rings. The van der Waals surface area contributed by atoms with Crippen molar-refractivity contribution in [3.63, 3.8) is 0 Å². The SMILES string of the molecule is CC.CC.CC.CC.CN(C)Cc1cc(CN(C)CN(C)C)c2c(c1)-c1ccccc1C2.CN(C)Cc1cc(CN(C)CN(C)C)cc2c1-c1ccccc1C2.CN(C)Cc1cc(CN(C)CN(C)C)cc2c1Cc1ccccc1-2.CN(C)Cc1cc2c(c(CN(C)CN(C)C)c1)-c1ccccc1C2. The Morgan fingerprint density at radius 3 is 0.808 bits per heavy atom. The number of benzene rings is 8. The number of rotatable bonds is 24. The summed E-state index contributed by atoms with van der Waals surface area (Å²) in [5.74, 6) is 0. The van der Waals surface area contributed by atoms with Gasteiger partial charge >= 0.3 is 0 Å². The minimum absolute atomic E-state index is 0.967. The summed E-state index contributed by atoms with van der Waals surface area (Å²) >= 11 is 0. The fourth-order valence-electron chi connectivity index (χ4n) is 15.3. The molecule has 8 aromatic carbocycles. The van der Waals surface area contributed by atoms with Crippen LogP contribution in [0.25, 0.3) is 44.5 Å². The Hall–Kier alpha value is -6.72. The quantitative estimate of drug-likeness (QED) is 0.0541. The van der Waals surface area contributed by atoms with Crippen molar-refractivity contribution < 1.29 is 0 Å². The summed E-state index contributed by atoms with van der Waals surface area (Å²) in [6.45, 7) is 27.8. The van der Waals surface area contributed by atoms with E-state index in [1.807, 2.05) is 55.4 Å². The molecule has 8 aromatic rings. The van der Waals surface area contributed by atoms with Gasteiger partial charge < -0.3 is 19.6 Å². The highest BCUT2D eigenvalue weighted by molar-refractivity contribution is 5.82. The van der Waals surface area contributed by atoms with Crippen molar-refractivity contribution in [3.05, 3.63) is 235 Å². The minimum atomic E-state index is 0.967. The van der Waals surface area contributed by atoms with Gasteiger partial charge in [0.25, 0.3) is 0 Å². The van der Waals surface area contributed by atoms with Gasteiger partial charge in [0.2, 0.25) is 0 Å². The molecule has 0 atom stereocenters. The van der Waals surface area contributed by atoms with Crippen LogP contribution in [0, 0.1) is 0 Å². The van der Waals surface area contributed by atoms with Crippen LogP contribution in [-0.4, -0.2) is 226 Å². The highest BCUT2D eigenvalue weighted by Gasteiger charge is 2.27. The summed E-state index contributed by atoms with van der Waals surface area (Å²) in [7, 11) is 42.9. The van der Waals surface area contributed by atoms with Crippen LogP contribution in [0.15, 0.2) is 146 Å². The van der Waals surface area contributed by atoms with Gasteiger partial charge in [0.05, 0.1) is 26.7 Å². The minimum Gasteiger partial charge on any atom is -0.305 e. The normalized spacial score (nSPS) is 12.2. The maximum atomic E-state index is 2.42. The van der Waals surface area contributed by atoms with E-state index in [0.29, 0.717) is 0 Å². The topological polar surface area (TPSA) is 38.9 Å². The number of nitrogens with zero attached hydrogens (tertiary/aromatic N) is 12. The Morgan fingerprint density at radius 2 is 0.462 bits per heavy atom. The molecule has 0 radical (unpaired) electrons. The van der Waals surface area contributed by atoms with Gasteiger partial charge in [-0.25, -0.2) is 0 Å². The zero-order chi connectivity index (χ0) is 77.1. The Kier molecular flexibility index (Phi) is 37.0. The molecule has 0 heterocycles. The molecule has 0 fully saturated rings. The van der Waals surface area contributed by atoms with Crippen LogP contribution < -0.4 is 0 Å². The standard InChI is InChI=1S/4C21H29N3.4C2H6/c1-22(2)14-18-10-16(13-24(5)15-23(3)4)11-21-19-9-7-6-8-17(19)12-20(18)21;1-22(2)13-16-10-18(14-24(5)15-23(3)4)20-12-17-8-6-7-9-19(17)21(20)11-16;1-22(2)14-19-11-16(13-24(5)15-23(3)4)10-18-12-17-8-6-7-9-20(17)21(18)19;1-22(2)13-16-10-18-12-17-8-6-7-9-20(17)21(18)19(11-16)14-24(5)15-23(3)4;4*1-2/h4*6-11H,12-15H2,1-5H3;4*1-2H3. The number of hydrogen-bond acceptors (Lipinski definition) is 12. The zero-order valence-corrected chi connectivity index (χ0v) is 70.5. The highest BCUT2D eigenvalue weighted by atomic mass is 15.3.